The molecule has 0 radical (unpaired) electrons. The number of nitrogens with one attached hydrogen (secondary N) is 1. The zero-order chi connectivity index (χ0) is 6.69. The van der Waals surface area contributed by atoms with Crippen molar-refractivity contribution in [3.63, 3.8) is 0 Å². The summed E-state index contributed by atoms with van der Waals surface area (Å²) in [7, 11) is 0. The molecule has 1 unspecified atom stereocenters. The minimum Gasteiger partial charge on any atom is -0.262 e. The number of aromatic amines is 1. The fourth-order valence-corrected chi connectivity index (χ4v) is 0.859. The Kier molecular flexibility index (Phi) is 2.10. The van der Waals surface area contributed by atoms with E-state index in [4.69, 9.17) is 0 Å². The Morgan fingerprint density at radius 1 is 1.78 bits per heavy atom. The van der Waals surface area contributed by atoms with Crippen molar-refractivity contribution in [1.29, 1.82) is 0 Å². The van der Waals surface area contributed by atoms with Gasteiger partial charge in [-0.15, -0.1) is 0 Å². The van der Waals surface area contributed by atoms with Gasteiger partial charge in [0.15, 0.2) is 0 Å². The van der Waals surface area contributed by atoms with Gasteiger partial charge in [0.05, 0.1) is 5.25 Å². The Morgan fingerprint density at radius 2 is 2.56 bits per heavy atom. The molecule has 0 aromatic carbocycles. The third kappa shape index (κ3) is 1.45. The van der Waals surface area contributed by atoms with Crippen molar-refractivity contribution in [2.45, 2.75) is 12.2 Å². The second kappa shape index (κ2) is 2.87. The van der Waals surface area contributed by atoms with E-state index in [2.05, 4.69) is 22.1 Å². The molecule has 0 amide bonds. The van der Waals surface area contributed by atoms with E-state index in [1.807, 2.05) is 6.26 Å². The lowest BCUT2D eigenvalue weighted by Gasteiger charge is -2.00. The summed E-state index contributed by atoms with van der Waals surface area (Å²) in [5, 5.41) is 6.97. The Bertz CT molecular complexity index is 161. The van der Waals surface area contributed by atoms with E-state index < -0.39 is 0 Å². The number of aromatic nitrogens is 3. The number of nitrogens with zero attached hydrogens (tertiary/aromatic N) is 2. The number of thioether (sulfide) groups is 1. The molecule has 1 rings (SSSR count). The summed E-state index contributed by atoms with van der Waals surface area (Å²) in [5.74, 6) is 0.947. The van der Waals surface area contributed by atoms with Crippen LogP contribution in [0.3, 0.4) is 0 Å². The van der Waals surface area contributed by atoms with Gasteiger partial charge in [-0.05, 0) is 13.2 Å². The fraction of sp³-hybridized carbons (Fsp3) is 0.600. The van der Waals surface area contributed by atoms with Gasteiger partial charge >= 0.3 is 0 Å². The number of rotatable bonds is 2. The van der Waals surface area contributed by atoms with Gasteiger partial charge in [0.1, 0.15) is 12.2 Å². The van der Waals surface area contributed by atoms with Crippen molar-refractivity contribution >= 4 is 11.8 Å². The highest BCUT2D eigenvalue weighted by Gasteiger charge is 2.03. The lowest BCUT2D eigenvalue weighted by atomic mass is 10.5. The van der Waals surface area contributed by atoms with Crippen LogP contribution in [0.5, 0.6) is 0 Å². The van der Waals surface area contributed by atoms with E-state index in [1.54, 1.807) is 11.8 Å². The first-order chi connectivity index (χ1) is 4.34. The van der Waals surface area contributed by atoms with Crippen LogP contribution in [-0.2, 0) is 0 Å². The highest BCUT2D eigenvalue weighted by molar-refractivity contribution is 7.98. The topological polar surface area (TPSA) is 41.6 Å². The van der Waals surface area contributed by atoms with Crippen LogP contribution in [0.25, 0.3) is 0 Å². The molecule has 0 aliphatic rings. The van der Waals surface area contributed by atoms with Gasteiger partial charge in [-0.3, -0.25) is 5.10 Å². The average Bonchev–Trinajstić information content (AvgIpc) is 2.37. The monoisotopic (exact) mass is 143 g/mol. The van der Waals surface area contributed by atoms with E-state index in [9.17, 15) is 0 Å². The summed E-state index contributed by atoms with van der Waals surface area (Å²) in [5.41, 5.74) is 0. The SMILES string of the molecule is CSC(C)c1ncn[nH]1. The summed E-state index contributed by atoms with van der Waals surface area (Å²) in [6, 6.07) is 0. The molecule has 4 heteroatoms. The largest absolute Gasteiger partial charge is 0.262 e. The second-order valence-electron chi connectivity index (χ2n) is 1.75. The molecule has 0 bridgehead atoms. The lowest BCUT2D eigenvalue weighted by Crippen LogP contribution is -1.89. The molecular weight excluding hydrogens is 134 g/mol. The molecule has 0 aliphatic heterocycles. The normalized spacial score (nSPS) is 13.6. The summed E-state index contributed by atoms with van der Waals surface area (Å²) < 4.78 is 0. The molecule has 3 nitrogen and oxygen atoms in total. The number of H-pyrrole nitrogens is 1. The van der Waals surface area contributed by atoms with E-state index in [0.29, 0.717) is 5.25 Å². The maximum absolute atomic E-state index is 4.00. The quantitative estimate of drug-likeness (QED) is 0.677. The van der Waals surface area contributed by atoms with Crippen LogP contribution in [-0.4, -0.2) is 21.4 Å². The zero-order valence-corrected chi connectivity index (χ0v) is 6.27. The first-order valence-corrected chi connectivity index (χ1v) is 4.01. The first kappa shape index (κ1) is 6.61. The molecule has 1 atom stereocenters. The highest BCUT2D eigenvalue weighted by Crippen LogP contribution is 2.20. The lowest BCUT2D eigenvalue weighted by molar-refractivity contribution is 0.929. The predicted octanol–water partition coefficient (Wildman–Crippen LogP) is 1.23. The fourth-order valence-electron chi connectivity index (χ4n) is 0.522. The second-order valence-corrected chi connectivity index (χ2v) is 2.93. The Morgan fingerprint density at radius 3 is 3.00 bits per heavy atom. The van der Waals surface area contributed by atoms with Crippen molar-refractivity contribution < 1.29 is 0 Å². The Hall–Kier alpha value is -0.510. The molecule has 0 fully saturated rings. The number of hydrogen-bond donors (Lipinski definition) is 1. The molecule has 1 aromatic heterocycles. The summed E-state index contributed by atoms with van der Waals surface area (Å²) in [6.07, 6.45) is 3.58. The summed E-state index contributed by atoms with van der Waals surface area (Å²) in [4.78, 5) is 4.00. The molecular formula is C5H9N3S. The molecule has 0 spiro atoms. The van der Waals surface area contributed by atoms with Gasteiger partial charge in [0.25, 0.3) is 0 Å². The van der Waals surface area contributed by atoms with Crippen LogP contribution in [0.1, 0.15) is 18.0 Å². The van der Waals surface area contributed by atoms with Crippen molar-refractivity contribution in [3.05, 3.63) is 12.2 Å². The van der Waals surface area contributed by atoms with Crippen LogP contribution in [0.4, 0.5) is 0 Å². The van der Waals surface area contributed by atoms with Gasteiger partial charge in [0.2, 0.25) is 0 Å². The number of hydrogen-bond acceptors (Lipinski definition) is 3. The van der Waals surface area contributed by atoms with Crippen molar-refractivity contribution in [2.24, 2.45) is 0 Å². The standard InChI is InChI=1S/C5H9N3S/c1-4(9-2)5-6-3-7-8-5/h3-4H,1-2H3,(H,6,7,8). The molecule has 1 aromatic rings. The van der Waals surface area contributed by atoms with Crippen LogP contribution >= 0.6 is 11.8 Å². The van der Waals surface area contributed by atoms with Crippen LogP contribution in [0.2, 0.25) is 0 Å². The predicted molar refractivity (Wildman–Crippen MR) is 38.3 cm³/mol. The smallest absolute Gasteiger partial charge is 0.137 e. The van der Waals surface area contributed by atoms with Crippen LogP contribution in [0, 0.1) is 0 Å². The third-order valence-electron chi connectivity index (χ3n) is 1.17. The van der Waals surface area contributed by atoms with Crippen LogP contribution in [0.15, 0.2) is 6.33 Å². The van der Waals surface area contributed by atoms with Gasteiger partial charge in [-0.2, -0.15) is 16.9 Å². The van der Waals surface area contributed by atoms with E-state index in [1.165, 1.54) is 6.33 Å². The van der Waals surface area contributed by atoms with Gasteiger partial charge in [-0.1, -0.05) is 0 Å². The first-order valence-electron chi connectivity index (χ1n) is 2.72. The highest BCUT2D eigenvalue weighted by atomic mass is 32.2. The average molecular weight is 143 g/mol. The molecule has 50 valence electrons. The molecule has 0 saturated carbocycles. The minimum absolute atomic E-state index is 0.424. The molecule has 1 heterocycles. The van der Waals surface area contributed by atoms with Gasteiger partial charge < -0.3 is 0 Å². The summed E-state index contributed by atoms with van der Waals surface area (Å²) in [6.45, 7) is 2.09. The van der Waals surface area contributed by atoms with Crippen molar-refractivity contribution in [1.82, 2.24) is 15.2 Å². The zero-order valence-electron chi connectivity index (χ0n) is 5.46. The molecule has 0 saturated heterocycles. The summed E-state index contributed by atoms with van der Waals surface area (Å²) >= 11 is 1.75. The van der Waals surface area contributed by atoms with Gasteiger partial charge in [0, 0.05) is 0 Å². The van der Waals surface area contributed by atoms with Crippen LogP contribution < -0.4 is 0 Å². The maximum Gasteiger partial charge on any atom is 0.137 e. The molecule has 0 aliphatic carbocycles. The van der Waals surface area contributed by atoms with E-state index in [0.717, 1.165) is 5.82 Å². The van der Waals surface area contributed by atoms with Gasteiger partial charge in [-0.25, -0.2) is 4.98 Å². The van der Waals surface area contributed by atoms with Crippen molar-refractivity contribution in [3.8, 4) is 0 Å². The Labute approximate surface area is 58.3 Å². The van der Waals surface area contributed by atoms with E-state index in [-0.39, 0.29) is 0 Å². The maximum atomic E-state index is 4.00. The van der Waals surface area contributed by atoms with Crippen molar-refractivity contribution in [2.75, 3.05) is 6.26 Å². The third-order valence-corrected chi connectivity index (χ3v) is 2.10. The molecule has 9 heavy (non-hydrogen) atoms. The minimum atomic E-state index is 0.424. The van der Waals surface area contributed by atoms with E-state index >= 15 is 0 Å². The Balaban J connectivity index is 2.65. The molecule has 1 N–H and O–H groups in total.